The van der Waals surface area contributed by atoms with E-state index in [9.17, 15) is 9.59 Å². The number of halogens is 1. The van der Waals surface area contributed by atoms with Crippen LogP contribution in [0.25, 0.3) is 0 Å². The van der Waals surface area contributed by atoms with Crippen molar-refractivity contribution in [2.75, 3.05) is 18.1 Å². The lowest BCUT2D eigenvalue weighted by Crippen LogP contribution is -2.46. The maximum absolute atomic E-state index is 13.3. The van der Waals surface area contributed by atoms with Crippen molar-refractivity contribution in [3.63, 3.8) is 0 Å². The standard InChI is InChI=1S/C29H31ClN2O5/c1-2-3-17-36-29(34)27(31)21-10-14-23(15-11-21)35-18-16-26-28(33)32(19-20-8-12-22(30)13-9-20)24-6-4-5-7-25(24)37-26/h4-15,26-27H,2-3,16-19,31H2,1H3. The summed E-state index contributed by atoms with van der Waals surface area (Å²) in [7, 11) is 0. The number of nitrogens with zero attached hydrogens (tertiary/aromatic N) is 1. The summed E-state index contributed by atoms with van der Waals surface area (Å²) in [6.45, 7) is 3.08. The molecule has 0 bridgehead atoms. The van der Waals surface area contributed by atoms with Crippen LogP contribution in [-0.2, 0) is 20.9 Å². The van der Waals surface area contributed by atoms with Gasteiger partial charge in [-0.05, 0) is 53.9 Å². The number of hydrogen-bond acceptors (Lipinski definition) is 6. The Kier molecular flexibility index (Phi) is 9.04. The molecule has 0 spiro atoms. The molecule has 37 heavy (non-hydrogen) atoms. The number of nitrogens with two attached hydrogens (primary N) is 1. The predicted octanol–water partition coefficient (Wildman–Crippen LogP) is 5.45. The molecule has 1 aliphatic heterocycles. The number of benzene rings is 3. The van der Waals surface area contributed by atoms with Gasteiger partial charge in [0, 0.05) is 11.4 Å². The van der Waals surface area contributed by atoms with E-state index in [0.717, 1.165) is 24.1 Å². The zero-order valence-electron chi connectivity index (χ0n) is 20.8. The smallest absolute Gasteiger partial charge is 0.327 e. The number of esters is 1. The number of para-hydroxylation sites is 2. The third-order valence-corrected chi connectivity index (χ3v) is 6.36. The van der Waals surface area contributed by atoms with Crippen molar-refractivity contribution in [3.8, 4) is 11.5 Å². The van der Waals surface area contributed by atoms with Crippen LogP contribution >= 0.6 is 11.6 Å². The lowest BCUT2D eigenvalue weighted by Gasteiger charge is -2.34. The summed E-state index contributed by atoms with van der Waals surface area (Å²) >= 11 is 6.01. The second-order valence-corrected chi connectivity index (χ2v) is 9.27. The molecule has 8 heteroatoms. The van der Waals surface area contributed by atoms with Crippen molar-refractivity contribution in [2.45, 2.75) is 44.9 Å². The van der Waals surface area contributed by atoms with Crippen molar-refractivity contribution < 1.29 is 23.8 Å². The number of amides is 1. The van der Waals surface area contributed by atoms with Gasteiger partial charge >= 0.3 is 5.97 Å². The van der Waals surface area contributed by atoms with Gasteiger partial charge in [0.2, 0.25) is 0 Å². The number of ether oxygens (including phenoxy) is 3. The maximum atomic E-state index is 13.3. The van der Waals surface area contributed by atoms with Gasteiger partial charge in [-0.15, -0.1) is 0 Å². The van der Waals surface area contributed by atoms with Crippen molar-refractivity contribution in [3.05, 3.63) is 88.9 Å². The average Bonchev–Trinajstić information content (AvgIpc) is 2.92. The zero-order valence-corrected chi connectivity index (χ0v) is 21.5. The highest BCUT2D eigenvalue weighted by atomic mass is 35.5. The van der Waals surface area contributed by atoms with Crippen molar-refractivity contribution in [1.29, 1.82) is 0 Å². The largest absolute Gasteiger partial charge is 0.493 e. The van der Waals surface area contributed by atoms with E-state index in [1.807, 2.05) is 55.5 Å². The average molecular weight is 523 g/mol. The topological polar surface area (TPSA) is 91.1 Å². The van der Waals surface area contributed by atoms with Gasteiger partial charge in [0.1, 0.15) is 17.5 Å². The lowest BCUT2D eigenvalue weighted by molar-refractivity contribution is -0.145. The molecular weight excluding hydrogens is 492 g/mol. The first-order valence-corrected chi connectivity index (χ1v) is 12.8. The molecule has 2 N–H and O–H groups in total. The summed E-state index contributed by atoms with van der Waals surface area (Å²) in [5.41, 5.74) is 8.37. The monoisotopic (exact) mass is 522 g/mol. The maximum Gasteiger partial charge on any atom is 0.327 e. The quantitative estimate of drug-likeness (QED) is 0.266. The highest BCUT2D eigenvalue weighted by molar-refractivity contribution is 6.30. The predicted molar refractivity (Wildman–Crippen MR) is 143 cm³/mol. The van der Waals surface area contributed by atoms with Gasteiger partial charge in [-0.1, -0.05) is 61.3 Å². The molecule has 1 amide bonds. The third kappa shape index (κ3) is 6.81. The van der Waals surface area contributed by atoms with E-state index in [0.29, 0.717) is 41.7 Å². The number of unbranched alkanes of at least 4 members (excludes halogenated alkanes) is 1. The van der Waals surface area contributed by atoms with E-state index in [2.05, 4.69) is 0 Å². The Hall–Kier alpha value is -3.55. The number of carbonyl (C=O) groups excluding carboxylic acids is 2. The first-order chi connectivity index (χ1) is 18.0. The van der Waals surface area contributed by atoms with Gasteiger partial charge in [-0.3, -0.25) is 4.79 Å². The molecule has 3 aromatic rings. The van der Waals surface area contributed by atoms with Crippen molar-refractivity contribution in [2.24, 2.45) is 5.73 Å². The summed E-state index contributed by atoms with van der Waals surface area (Å²) in [6, 6.07) is 21.1. The summed E-state index contributed by atoms with van der Waals surface area (Å²) in [4.78, 5) is 27.2. The van der Waals surface area contributed by atoms with Gasteiger partial charge in [-0.25, -0.2) is 4.79 Å². The molecule has 1 aliphatic rings. The molecule has 0 aromatic heterocycles. The van der Waals surface area contributed by atoms with Crippen LogP contribution in [0.2, 0.25) is 5.02 Å². The van der Waals surface area contributed by atoms with Crippen molar-refractivity contribution >= 4 is 29.2 Å². The summed E-state index contributed by atoms with van der Waals surface area (Å²) < 4.78 is 17.1. The van der Waals surface area contributed by atoms with E-state index in [1.165, 1.54) is 0 Å². The fourth-order valence-electron chi connectivity index (χ4n) is 3.99. The second kappa shape index (κ2) is 12.6. The summed E-state index contributed by atoms with van der Waals surface area (Å²) in [6.07, 6.45) is 1.45. The second-order valence-electron chi connectivity index (χ2n) is 8.83. The molecule has 3 aromatic carbocycles. The first-order valence-electron chi connectivity index (χ1n) is 12.4. The zero-order chi connectivity index (χ0) is 26.2. The Morgan fingerprint density at radius 2 is 1.78 bits per heavy atom. The molecule has 1 heterocycles. The minimum Gasteiger partial charge on any atom is -0.493 e. The molecular formula is C29H31ClN2O5. The molecule has 0 saturated carbocycles. The van der Waals surface area contributed by atoms with Crippen LogP contribution in [0, 0.1) is 0 Å². The fraction of sp³-hybridized carbons (Fsp3) is 0.310. The van der Waals surface area contributed by atoms with Crippen LogP contribution in [0.4, 0.5) is 5.69 Å². The van der Waals surface area contributed by atoms with Gasteiger partial charge in [0.25, 0.3) is 5.91 Å². The number of anilines is 1. The van der Waals surface area contributed by atoms with Gasteiger partial charge in [-0.2, -0.15) is 0 Å². The van der Waals surface area contributed by atoms with Gasteiger partial charge in [0.15, 0.2) is 6.10 Å². The molecule has 2 unspecified atom stereocenters. The highest BCUT2D eigenvalue weighted by Gasteiger charge is 2.34. The van der Waals surface area contributed by atoms with E-state index in [-0.39, 0.29) is 12.5 Å². The van der Waals surface area contributed by atoms with Crippen molar-refractivity contribution in [1.82, 2.24) is 0 Å². The summed E-state index contributed by atoms with van der Waals surface area (Å²) in [5, 5.41) is 0.648. The minimum atomic E-state index is -0.842. The Morgan fingerprint density at radius 1 is 1.05 bits per heavy atom. The molecule has 0 radical (unpaired) electrons. The van der Waals surface area contributed by atoms with Gasteiger partial charge in [0.05, 0.1) is 25.4 Å². The molecule has 2 atom stereocenters. The van der Waals surface area contributed by atoms with E-state index >= 15 is 0 Å². The van der Waals surface area contributed by atoms with Crippen LogP contribution in [0.1, 0.15) is 43.4 Å². The first kappa shape index (κ1) is 26.5. The fourth-order valence-corrected chi connectivity index (χ4v) is 4.12. The van der Waals surface area contributed by atoms with Gasteiger partial charge < -0.3 is 24.8 Å². The van der Waals surface area contributed by atoms with E-state index in [1.54, 1.807) is 29.2 Å². The summed E-state index contributed by atoms with van der Waals surface area (Å²) in [5.74, 6) is 0.695. The molecule has 7 nitrogen and oxygen atoms in total. The number of rotatable bonds is 11. The van der Waals surface area contributed by atoms with Crippen LogP contribution in [0.3, 0.4) is 0 Å². The highest BCUT2D eigenvalue weighted by Crippen LogP contribution is 2.35. The number of carbonyl (C=O) groups is 2. The van der Waals surface area contributed by atoms with Crippen LogP contribution in [0.5, 0.6) is 11.5 Å². The molecule has 4 rings (SSSR count). The number of fused-ring (bicyclic) bond motifs is 1. The normalized spacial score (nSPS) is 15.5. The van der Waals surface area contributed by atoms with Crippen LogP contribution < -0.4 is 20.1 Å². The number of hydrogen-bond donors (Lipinski definition) is 1. The van der Waals surface area contributed by atoms with E-state index < -0.39 is 18.1 Å². The Bertz CT molecular complexity index is 1200. The molecule has 0 aliphatic carbocycles. The molecule has 0 fully saturated rings. The SMILES string of the molecule is CCCCOC(=O)C(N)c1ccc(OCCC2Oc3ccccc3N(Cc3ccc(Cl)cc3)C2=O)cc1. The third-order valence-electron chi connectivity index (χ3n) is 6.10. The Morgan fingerprint density at radius 3 is 2.51 bits per heavy atom. The Labute approximate surface area is 222 Å². The van der Waals surface area contributed by atoms with Crippen LogP contribution in [0.15, 0.2) is 72.8 Å². The Balaban J connectivity index is 1.35. The van der Waals surface area contributed by atoms with Crippen LogP contribution in [-0.4, -0.2) is 31.2 Å². The van der Waals surface area contributed by atoms with E-state index in [4.69, 9.17) is 31.5 Å². The molecule has 194 valence electrons. The lowest BCUT2D eigenvalue weighted by atomic mass is 10.1. The molecule has 0 saturated heterocycles. The minimum absolute atomic E-state index is 0.125.